The molecule has 0 aliphatic heterocycles. The second kappa shape index (κ2) is 7.11. The molecule has 1 atom stereocenters. The largest absolute Gasteiger partial charge is 0.507 e. The molecule has 0 saturated heterocycles. The molecule has 2 rings (SSSR count). The van der Waals surface area contributed by atoms with Gasteiger partial charge in [0.25, 0.3) is 5.91 Å². The summed E-state index contributed by atoms with van der Waals surface area (Å²) in [6, 6.07) is 9.06. The summed E-state index contributed by atoms with van der Waals surface area (Å²) in [5, 5.41) is 12.4. The Morgan fingerprint density at radius 2 is 1.87 bits per heavy atom. The van der Waals surface area contributed by atoms with Crippen LogP contribution in [0, 0.1) is 5.82 Å². The average molecular weight is 338 g/mol. The van der Waals surface area contributed by atoms with Crippen LogP contribution in [0.2, 0.25) is 5.02 Å². The van der Waals surface area contributed by atoms with Gasteiger partial charge in [-0.25, -0.2) is 9.18 Å². The van der Waals surface area contributed by atoms with Crippen molar-refractivity contribution in [1.82, 2.24) is 0 Å². The summed E-state index contributed by atoms with van der Waals surface area (Å²) in [7, 11) is 0. The molecule has 23 heavy (non-hydrogen) atoms. The Morgan fingerprint density at radius 1 is 1.22 bits per heavy atom. The van der Waals surface area contributed by atoms with Crippen molar-refractivity contribution >= 4 is 29.2 Å². The normalized spacial score (nSPS) is 11.6. The lowest BCUT2D eigenvalue weighted by molar-refractivity contribution is -0.123. The topological polar surface area (TPSA) is 75.6 Å². The van der Waals surface area contributed by atoms with Gasteiger partial charge in [-0.1, -0.05) is 11.6 Å². The number of phenols is 1. The summed E-state index contributed by atoms with van der Waals surface area (Å²) >= 11 is 5.68. The molecule has 7 heteroatoms. The summed E-state index contributed by atoms with van der Waals surface area (Å²) in [6.45, 7) is 1.38. The van der Waals surface area contributed by atoms with Crippen LogP contribution in [0.5, 0.6) is 5.75 Å². The fourth-order valence-corrected chi connectivity index (χ4v) is 1.90. The summed E-state index contributed by atoms with van der Waals surface area (Å²) in [5.74, 6) is -2.21. The van der Waals surface area contributed by atoms with Crippen LogP contribution in [-0.4, -0.2) is 23.1 Å². The molecule has 0 radical (unpaired) electrons. The maximum absolute atomic E-state index is 12.8. The predicted octanol–water partition coefficient (Wildman–Crippen LogP) is 3.37. The quantitative estimate of drug-likeness (QED) is 0.839. The number of anilines is 1. The molecular weight excluding hydrogens is 325 g/mol. The van der Waals surface area contributed by atoms with Crippen molar-refractivity contribution in [2.45, 2.75) is 13.0 Å². The third kappa shape index (κ3) is 4.43. The van der Waals surface area contributed by atoms with E-state index < -0.39 is 23.8 Å². The Morgan fingerprint density at radius 3 is 2.48 bits per heavy atom. The standard InChI is InChI=1S/C16H13ClFNO4/c1-9(15(21)19-12-5-3-11(18)4-6-12)23-16(22)13-7-2-10(17)8-14(13)20/h2-9,20H,1H3,(H,19,21)/t9-/m0/s1. The molecule has 5 nitrogen and oxygen atoms in total. The van der Waals surface area contributed by atoms with Crippen molar-refractivity contribution in [2.75, 3.05) is 5.32 Å². The van der Waals surface area contributed by atoms with Crippen molar-refractivity contribution in [3.63, 3.8) is 0 Å². The molecule has 0 aromatic heterocycles. The number of nitrogens with one attached hydrogen (secondary N) is 1. The number of benzene rings is 2. The SMILES string of the molecule is C[C@H](OC(=O)c1ccc(Cl)cc1O)C(=O)Nc1ccc(F)cc1. The Labute approximate surface area is 136 Å². The van der Waals surface area contributed by atoms with Crippen LogP contribution in [0.25, 0.3) is 0 Å². The van der Waals surface area contributed by atoms with E-state index in [1.54, 1.807) is 0 Å². The lowest BCUT2D eigenvalue weighted by Crippen LogP contribution is -2.30. The van der Waals surface area contributed by atoms with Gasteiger partial charge in [-0.2, -0.15) is 0 Å². The Kier molecular flexibility index (Phi) is 5.18. The number of halogens is 2. The smallest absolute Gasteiger partial charge is 0.342 e. The number of phenolic OH excluding ortho intramolecular Hbond substituents is 1. The number of aromatic hydroxyl groups is 1. The number of hydrogen-bond donors (Lipinski definition) is 2. The van der Waals surface area contributed by atoms with Crippen LogP contribution in [0.15, 0.2) is 42.5 Å². The minimum absolute atomic E-state index is 0.101. The van der Waals surface area contributed by atoms with Crippen LogP contribution in [0.1, 0.15) is 17.3 Å². The first kappa shape index (κ1) is 16.8. The van der Waals surface area contributed by atoms with Gasteiger partial charge in [0.15, 0.2) is 6.10 Å². The highest BCUT2D eigenvalue weighted by Gasteiger charge is 2.21. The monoisotopic (exact) mass is 337 g/mol. The third-order valence-electron chi connectivity index (χ3n) is 2.94. The van der Waals surface area contributed by atoms with E-state index in [0.717, 1.165) is 0 Å². The number of carbonyl (C=O) groups excluding carboxylic acids is 2. The zero-order chi connectivity index (χ0) is 17.0. The first-order chi connectivity index (χ1) is 10.9. The van der Waals surface area contributed by atoms with Gasteiger partial charge in [-0.3, -0.25) is 4.79 Å². The summed E-state index contributed by atoms with van der Waals surface area (Å²) in [6.07, 6.45) is -1.11. The Bertz CT molecular complexity index is 733. The van der Waals surface area contributed by atoms with E-state index in [9.17, 15) is 19.1 Å². The van der Waals surface area contributed by atoms with Crippen LogP contribution >= 0.6 is 11.6 Å². The molecule has 1 amide bonds. The van der Waals surface area contributed by atoms with Gasteiger partial charge < -0.3 is 15.2 Å². The number of amides is 1. The van der Waals surface area contributed by atoms with Crippen molar-refractivity contribution in [3.05, 3.63) is 58.9 Å². The first-order valence-corrected chi connectivity index (χ1v) is 7.00. The zero-order valence-corrected chi connectivity index (χ0v) is 12.8. The number of hydrogen-bond acceptors (Lipinski definition) is 4. The van der Waals surface area contributed by atoms with Crippen LogP contribution in [-0.2, 0) is 9.53 Å². The van der Waals surface area contributed by atoms with E-state index in [4.69, 9.17) is 16.3 Å². The Balaban J connectivity index is 2.00. The highest BCUT2D eigenvalue weighted by atomic mass is 35.5. The van der Waals surface area contributed by atoms with Gasteiger partial charge in [-0.05, 0) is 49.4 Å². The molecule has 0 aliphatic rings. The molecule has 0 saturated carbocycles. The highest BCUT2D eigenvalue weighted by Crippen LogP contribution is 2.23. The number of carbonyl (C=O) groups is 2. The van der Waals surface area contributed by atoms with Gasteiger partial charge in [0, 0.05) is 10.7 Å². The average Bonchev–Trinajstić information content (AvgIpc) is 2.49. The number of ether oxygens (including phenoxy) is 1. The fourth-order valence-electron chi connectivity index (χ4n) is 1.73. The maximum atomic E-state index is 12.8. The van der Waals surface area contributed by atoms with Crippen molar-refractivity contribution in [2.24, 2.45) is 0 Å². The van der Waals surface area contributed by atoms with E-state index >= 15 is 0 Å². The molecular formula is C16H13ClFNO4. The van der Waals surface area contributed by atoms with E-state index in [-0.39, 0.29) is 16.3 Å². The molecule has 0 heterocycles. The second-order valence-corrected chi connectivity index (χ2v) is 5.14. The Hall–Kier alpha value is -2.60. The minimum Gasteiger partial charge on any atom is -0.507 e. The van der Waals surface area contributed by atoms with Crippen LogP contribution in [0.4, 0.5) is 10.1 Å². The molecule has 0 bridgehead atoms. The summed E-state index contributed by atoms with van der Waals surface area (Å²) in [5.41, 5.74) is 0.268. The molecule has 2 N–H and O–H groups in total. The second-order valence-electron chi connectivity index (χ2n) is 4.71. The van der Waals surface area contributed by atoms with E-state index in [1.165, 1.54) is 49.4 Å². The molecule has 2 aromatic carbocycles. The van der Waals surface area contributed by atoms with Crippen molar-refractivity contribution in [1.29, 1.82) is 0 Å². The van der Waals surface area contributed by atoms with Gasteiger partial charge in [0.2, 0.25) is 0 Å². The lowest BCUT2D eigenvalue weighted by Gasteiger charge is -2.14. The number of esters is 1. The molecule has 0 fully saturated rings. The van der Waals surface area contributed by atoms with Gasteiger partial charge in [-0.15, -0.1) is 0 Å². The molecule has 0 spiro atoms. The highest BCUT2D eigenvalue weighted by molar-refractivity contribution is 6.30. The fraction of sp³-hybridized carbons (Fsp3) is 0.125. The molecule has 0 aliphatic carbocycles. The van der Waals surface area contributed by atoms with Crippen molar-refractivity contribution in [3.8, 4) is 5.75 Å². The van der Waals surface area contributed by atoms with Crippen LogP contribution < -0.4 is 5.32 Å². The van der Waals surface area contributed by atoms with Gasteiger partial charge in [0.1, 0.15) is 17.1 Å². The van der Waals surface area contributed by atoms with E-state index in [2.05, 4.69) is 5.32 Å². The van der Waals surface area contributed by atoms with Gasteiger partial charge >= 0.3 is 5.97 Å². The molecule has 0 unspecified atom stereocenters. The lowest BCUT2D eigenvalue weighted by atomic mass is 10.2. The molecule has 120 valence electrons. The van der Waals surface area contributed by atoms with E-state index in [0.29, 0.717) is 5.69 Å². The third-order valence-corrected chi connectivity index (χ3v) is 3.18. The summed E-state index contributed by atoms with van der Waals surface area (Å²) < 4.78 is 17.8. The van der Waals surface area contributed by atoms with Crippen molar-refractivity contribution < 1.29 is 23.8 Å². The first-order valence-electron chi connectivity index (χ1n) is 6.63. The minimum atomic E-state index is -1.11. The van der Waals surface area contributed by atoms with Crippen LogP contribution in [0.3, 0.4) is 0 Å². The summed E-state index contributed by atoms with van der Waals surface area (Å²) in [4.78, 5) is 23.9. The molecule has 2 aromatic rings. The zero-order valence-electron chi connectivity index (χ0n) is 12.0. The van der Waals surface area contributed by atoms with E-state index in [1.807, 2.05) is 0 Å². The maximum Gasteiger partial charge on any atom is 0.342 e. The number of rotatable bonds is 4. The van der Waals surface area contributed by atoms with Gasteiger partial charge in [0.05, 0.1) is 0 Å². The predicted molar refractivity (Wildman–Crippen MR) is 83.0 cm³/mol.